The molecule has 1 amide bonds. The van der Waals surface area contributed by atoms with Crippen molar-refractivity contribution in [1.29, 1.82) is 0 Å². The van der Waals surface area contributed by atoms with Crippen LogP contribution in [-0.2, 0) is 10.0 Å². The average Bonchev–Trinajstić information content (AvgIpc) is 3.40. The van der Waals surface area contributed by atoms with Gasteiger partial charge in [0, 0.05) is 0 Å². The van der Waals surface area contributed by atoms with Gasteiger partial charge >= 0.3 is 5.91 Å². The van der Waals surface area contributed by atoms with Gasteiger partial charge in [0.2, 0.25) is 5.82 Å². The van der Waals surface area contributed by atoms with Crippen LogP contribution in [0.1, 0.15) is 10.6 Å². The molecule has 158 valence electrons. The van der Waals surface area contributed by atoms with Gasteiger partial charge in [0.25, 0.3) is 10.0 Å². The van der Waals surface area contributed by atoms with Crippen LogP contribution in [0.2, 0.25) is 0 Å². The first-order chi connectivity index (χ1) is 14.7. The monoisotopic (exact) mass is 464 g/mol. The number of amides is 1. The highest BCUT2D eigenvalue weighted by Gasteiger charge is 2.25. The third-order valence-corrected chi connectivity index (χ3v) is 6.25. The lowest BCUT2D eigenvalue weighted by atomic mass is 10.3. The fraction of sp³-hybridized carbons (Fsp3) is 0. The van der Waals surface area contributed by atoms with E-state index in [0.29, 0.717) is 22.7 Å². The van der Waals surface area contributed by atoms with Crippen LogP contribution in [0, 0.1) is 17.5 Å². The lowest BCUT2D eigenvalue weighted by Gasteiger charge is -2.05. The molecule has 4 aromatic rings. The molecule has 2 aromatic carbocycles. The van der Waals surface area contributed by atoms with Crippen molar-refractivity contribution >= 4 is 27.3 Å². The second-order valence-corrected chi connectivity index (χ2v) is 8.77. The number of benzene rings is 2. The van der Waals surface area contributed by atoms with Crippen LogP contribution in [0.3, 0.4) is 0 Å². The molecule has 0 spiro atoms. The molecule has 0 bridgehead atoms. The zero-order chi connectivity index (χ0) is 22.2. The summed E-state index contributed by atoms with van der Waals surface area (Å²) in [6.07, 6.45) is 0. The molecule has 0 saturated carbocycles. The minimum atomic E-state index is -4.52. The molecule has 1 N–H and O–H groups in total. The van der Waals surface area contributed by atoms with E-state index in [9.17, 15) is 26.4 Å². The number of thiophene rings is 1. The van der Waals surface area contributed by atoms with Gasteiger partial charge in [0.1, 0.15) is 5.82 Å². The lowest BCUT2D eigenvalue weighted by Crippen LogP contribution is -2.31. The normalized spacial score (nSPS) is 11.5. The molecule has 7 nitrogen and oxygen atoms in total. The summed E-state index contributed by atoms with van der Waals surface area (Å²) in [6.45, 7) is 0. The Morgan fingerprint density at radius 1 is 1.00 bits per heavy atom. The Kier molecular flexibility index (Phi) is 5.33. The molecule has 0 aliphatic rings. The van der Waals surface area contributed by atoms with Crippen molar-refractivity contribution in [2.75, 3.05) is 0 Å². The van der Waals surface area contributed by atoms with Crippen molar-refractivity contribution in [3.63, 3.8) is 0 Å². The first-order valence-corrected chi connectivity index (χ1v) is 10.9. The first-order valence-electron chi connectivity index (χ1n) is 8.54. The minimum absolute atomic E-state index is 0.233. The van der Waals surface area contributed by atoms with Crippen LogP contribution in [0.15, 0.2) is 64.9 Å². The van der Waals surface area contributed by atoms with E-state index in [0.717, 1.165) is 6.07 Å². The number of carbonyl (C=O) groups is 1. The number of nitrogens with one attached hydrogen (secondary N) is 1. The Bertz CT molecular complexity index is 1370. The number of nitrogens with zero attached hydrogens (tertiary/aromatic N) is 3. The van der Waals surface area contributed by atoms with E-state index in [-0.39, 0.29) is 5.82 Å². The predicted octanol–water partition coefficient (Wildman–Crippen LogP) is 3.53. The predicted molar refractivity (Wildman–Crippen MR) is 106 cm³/mol. The first kappa shape index (κ1) is 20.8. The van der Waals surface area contributed by atoms with Gasteiger partial charge in [0.15, 0.2) is 17.5 Å². The standard InChI is InChI=1S/C19H11F3N4O3S2/c20-11-3-5-12(6-4-11)26-18(16-2-1-9-30-16)23-17(24-26)19(27)25-31(28,29)13-7-8-14(21)15(22)10-13/h1-10H,(H,25,27). The molecule has 31 heavy (non-hydrogen) atoms. The highest BCUT2D eigenvalue weighted by atomic mass is 32.2. The summed E-state index contributed by atoms with van der Waals surface area (Å²) in [7, 11) is -4.52. The molecule has 0 radical (unpaired) electrons. The highest BCUT2D eigenvalue weighted by Crippen LogP contribution is 2.26. The maximum absolute atomic E-state index is 13.4. The van der Waals surface area contributed by atoms with Gasteiger partial charge < -0.3 is 0 Å². The maximum Gasteiger partial charge on any atom is 0.304 e. The number of hydrogen-bond donors (Lipinski definition) is 1. The molecule has 0 aliphatic heterocycles. The Morgan fingerprint density at radius 3 is 2.39 bits per heavy atom. The minimum Gasteiger partial charge on any atom is -0.264 e. The van der Waals surface area contributed by atoms with Crippen molar-refractivity contribution < 1.29 is 26.4 Å². The SMILES string of the molecule is O=C(NS(=O)(=O)c1ccc(F)c(F)c1)c1nc(-c2cccs2)n(-c2ccc(F)cc2)n1. The number of aromatic nitrogens is 3. The lowest BCUT2D eigenvalue weighted by molar-refractivity contribution is 0.0971. The Balaban J connectivity index is 1.70. The van der Waals surface area contributed by atoms with Gasteiger partial charge in [-0.15, -0.1) is 16.4 Å². The molecule has 12 heteroatoms. The largest absolute Gasteiger partial charge is 0.304 e. The Labute approximate surface area is 177 Å². The summed E-state index contributed by atoms with van der Waals surface area (Å²) in [5.41, 5.74) is 0.389. The summed E-state index contributed by atoms with van der Waals surface area (Å²) in [5, 5.41) is 5.82. The maximum atomic E-state index is 13.4. The number of sulfonamides is 1. The molecule has 0 fully saturated rings. The van der Waals surface area contributed by atoms with E-state index < -0.39 is 44.1 Å². The third-order valence-electron chi connectivity index (χ3n) is 4.05. The van der Waals surface area contributed by atoms with E-state index in [1.807, 2.05) is 0 Å². The van der Waals surface area contributed by atoms with Crippen molar-refractivity contribution in [2.24, 2.45) is 0 Å². The summed E-state index contributed by atoms with van der Waals surface area (Å²) in [4.78, 5) is 16.7. The van der Waals surface area contributed by atoms with Gasteiger partial charge in [0.05, 0.1) is 15.5 Å². The van der Waals surface area contributed by atoms with Crippen LogP contribution in [0.5, 0.6) is 0 Å². The smallest absolute Gasteiger partial charge is 0.264 e. The highest BCUT2D eigenvalue weighted by molar-refractivity contribution is 7.90. The van der Waals surface area contributed by atoms with E-state index >= 15 is 0 Å². The van der Waals surface area contributed by atoms with E-state index in [2.05, 4.69) is 10.1 Å². The Hall–Kier alpha value is -3.51. The fourth-order valence-electron chi connectivity index (χ4n) is 2.61. The molecule has 0 atom stereocenters. The molecule has 2 heterocycles. The summed E-state index contributed by atoms with van der Waals surface area (Å²) in [5.74, 6) is -4.52. The van der Waals surface area contributed by atoms with Crippen LogP contribution in [0.4, 0.5) is 13.2 Å². The fourth-order valence-corrected chi connectivity index (χ4v) is 4.26. The van der Waals surface area contributed by atoms with Crippen LogP contribution < -0.4 is 4.72 Å². The van der Waals surface area contributed by atoms with Gasteiger partial charge in [-0.3, -0.25) is 4.79 Å². The van der Waals surface area contributed by atoms with E-state index in [4.69, 9.17) is 0 Å². The second-order valence-electron chi connectivity index (χ2n) is 6.14. The van der Waals surface area contributed by atoms with Crippen LogP contribution in [-0.4, -0.2) is 29.1 Å². The molecular weight excluding hydrogens is 453 g/mol. The van der Waals surface area contributed by atoms with Crippen molar-refractivity contribution in [1.82, 2.24) is 19.5 Å². The molecule has 0 aliphatic carbocycles. The number of carbonyl (C=O) groups excluding carboxylic acids is 1. The molecule has 4 rings (SSSR count). The van der Waals surface area contributed by atoms with Gasteiger partial charge in [-0.05, 0) is 53.9 Å². The van der Waals surface area contributed by atoms with E-state index in [1.54, 1.807) is 22.2 Å². The molecular formula is C19H11F3N4O3S2. The zero-order valence-corrected chi connectivity index (χ0v) is 16.9. The van der Waals surface area contributed by atoms with Crippen molar-refractivity contribution in [2.45, 2.75) is 4.90 Å². The van der Waals surface area contributed by atoms with Crippen molar-refractivity contribution in [3.8, 4) is 16.4 Å². The van der Waals surface area contributed by atoms with Gasteiger partial charge in [-0.2, -0.15) is 0 Å². The zero-order valence-electron chi connectivity index (χ0n) is 15.3. The number of rotatable bonds is 5. The summed E-state index contributed by atoms with van der Waals surface area (Å²) in [6, 6.07) is 10.6. The molecule has 0 saturated heterocycles. The van der Waals surface area contributed by atoms with Crippen LogP contribution in [0.25, 0.3) is 16.4 Å². The average molecular weight is 464 g/mol. The van der Waals surface area contributed by atoms with Crippen LogP contribution >= 0.6 is 11.3 Å². The quantitative estimate of drug-likeness (QED) is 0.488. The molecule has 0 unspecified atom stereocenters. The van der Waals surface area contributed by atoms with Gasteiger partial charge in [-0.1, -0.05) is 6.07 Å². The summed E-state index contributed by atoms with van der Waals surface area (Å²) < 4.78 is 67.5. The summed E-state index contributed by atoms with van der Waals surface area (Å²) >= 11 is 1.30. The van der Waals surface area contributed by atoms with Crippen molar-refractivity contribution in [3.05, 3.63) is 83.3 Å². The van der Waals surface area contributed by atoms with Gasteiger partial charge in [-0.25, -0.2) is 36.0 Å². The number of halogens is 3. The Morgan fingerprint density at radius 2 is 1.74 bits per heavy atom. The third kappa shape index (κ3) is 4.20. The second kappa shape index (κ2) is 7.96. The molecule has 2 aromatic heterocycles. The number of hydrogen-bond acceptors (Lipinski definition) is 6. The van der Waals surface area contributed by atoms with E-state index in [1.165, 1.54) is 40.3 Å². The topological polar surface area (TPSA) is 94.0 Å².